The third-order valence-electron chi connectivity index (χ3n) is 8.70. The second-order valence-electron chi connectivity index (χ2n) is 10.8. The second-order valence-corrected chi connectivity index (χ2v) is 10.8. The lowest BCUT2D eigenvalue weighted by atomic mass is 9.60. The SMILES string of the molecule is CC1[C@H](O)CC(=C/C=C2\CCC[C@@]3(C)C2CCC3[C@@H](C)CCC[C@H](C)O)C[C@H]1O. The van der Waals surface area contributed by atoms with Crippen LogP contribution in [0.2, 0.25) is 0 Å². The van der Waals surface area contributed by atoms with E-state index in [0.29, 0.717) is 24.2 Å². The molecule has 3 heteroatoms. The van der Waals surface area contributed by atoms with Crippen LogP contribution in [0.25, 0.3) is 0 Å². The van der Waals surface area contributed by atoms with Crippen molar-refractivity contribution >= 4 is 0 Å². The Morgan fingerprint density at radius 3 is 2.41 bits per heavy atom. The first-order valence-electron chi connectivity index (χ1n) is 12.1. The number of aliphatic hydroxyl groups is 3. The molecule has 0 aromatic rings. The van der Waals surface area contributed by atoms with Crippen LogP contribution in [-0.2, 0) is 0 Å². The maximum Gasteiger partial charge on any atom is 0.0627 e. The van der Waals surface area contributed by atoms with Crippen LogP contribution in [0.4, 0.5) is 0 Å². The van der Waals surface area contributed by atoms with Crippen LogP contribution in [0.1, 0.15) is 91.9 Å². The summed E-state index contributed by atoms with van der Waals surface area (Å²) in [4.78, 5) is 0. The minimum Gasteiger partial charge on any atom is -0.393 e. The molecule has 3 saturated carbocycles. The molecule has 0 radical (unpaired) electrons. The van der Waals surface area contributed by atoms with E-state index in [1.54, 1.807) is 5.57 Å². The summed E-state index contributed by atoms with van der Waals surface area (Å²) in [6.07, 6.45) is 14.7. The zero-order valence-corrected chi connectivity index (χ0v) is 19.1. The minimum atomic E-state index is -0.418. The van der Waals surface area contributed by atoms with E-state index in [9.17, 15) is 15.3 Å². The fourth-order valence-corrected chi connectivity index (χ4v) is 6.76. The van der Waals surface area contributed by atoms with Gasteiger partial charge in [0.05, 0.1) is 18.3 Å². The Bertz CT molecular complexity index is 593. The van der Waals surface area contributed by atoms with Gasteiger partial charge in [-0.25, -0.2) is 0 Å². The monoisotopic (exact) mass is 404 g/mol. The van der Waals surface area contributed by atoms with Crippen molar-refractivity contribution in [2.75, 3.05) is 0 Å². The van der Waals surface area contributed by atoms with E-state index in [-0.39, 0.29) is 12.0 Å². The van der Waals surface area contributed by atoms with E-state index in [0.717, 1.165) is 24.7 Å². The number of rotatable bonds is 6. The molecule has 3 fully saturated rings. The molecular weight excluding hydrogens is 360 g/mol. The van der Waals surface area contributed by atoms with E-state index in [1.807, 2.05) is 13.8 Å². The molecule has 0 heterocycles. The van der Waals surface area contributed by atoms with E-state index < -0.39 is 12.2 Å². The summed E-state index contributed by atoms with van der Waals surface area (Å²) in [6.45, 7) is 8.82. The number of hydrogen-bond donors (Lipinski definition) is 3. The van der Waals surface area contributed by atoms with Crippen molar-refractivity contribution < 1.29 is 15.3 Å². The molecule has 0 aliphatic heterocycles. The van der Waals surface area contributed by atoms with Crippen LogP contribution < -0.4 is 0 Å². The molecule has 3 aliphatic carbocycles. The van der Waals surface area contributed by atoms with Crippen molar-refractivity contribution in [3.63, 3.8) is 0 Å². The fourth-order valence-electron chi connectivity index (χ4n) is 6.76. The van der Waals surface area contributed by atoms with Gasteiger partial charge in [-0.1, -0.05) is 56.9 Å². The summed E-state index contributed by atoms with van der Waals surface area (Å²) in [6, 6.07) is 0. The standard InChI is InChI=1S/C26H44O3/c1-17(7-5-8-18(2)27)22-12-13-23-21(9-6-14-26(22,23)4)11-10-20-15-24(28)19(3)25(29)16-20/h10-11,17-19,22-25,27-29H,5-9,12-16H2,1-4H3/b20-10?,21-11+/t17-,18-,19?,22?,23?,24+,25+,26+/m0/s1. The molecule has 2 unspecified atom stereocenters. The Balaban J connectivity index is 1.68. The predicted octanol–water partition coefficient (Wildman–Crippen LogP) is 5.39. The number of hydrogen-bond acceptors (Lipinski definition) is 3. The molecule has 3 aliphatic rings. The molecule has 0 bridgehead atoms. The Kier molecular flexibility index (Phi) is 7.67. The summed E-state index contributed by atoms with van der Waals surface area (Å²) in [5, 5.41) is 30.0. The highest BCUT2D eigenvalue weighted by atomic mass is 16.3. The summed E-state index contributed by atoms with van der Waals surface area (Å²) >= 11 is 0. The van der Waals surface area contributed by atoms with Crippen molar-refractivity contribution in [3.05, 3.63) is 23.3 Å². The molecule has 29 heavy (non-hydrogen) atoms. The molecule has 3 N–H and O–H groups in total. The molecule has 3 nitrogen and oxygen atoms in total. The summed E-state index contributed by atoms with van der Waals surface area (Å²) < 4.78 is 0. The van der Waals surface area contributed by atoms with Crippen molar-refractivity contribution in [2.24, 2.45) is 29.1 Å². The van der Waals surface area contributed by atoms with Gasteiger partial charge in [-0.15, -0.1) is 0 Å². The highest BCUT2D eigenvalue weighted by Gasteiger charge is 2.50. The van der Waals surface area contributed by atoms with Crippen molar-refractivity contribution in [1.82, 2.24) is 0 Å². The Morgan fingerprint density at radius 2 is 1.76 bits per heavy atom. The van der Waals surface area contributed by atoms with Gasteiger partial charge in [-0.2, -0.15) is 0 Å². The molecule has 0 amide bonds. The predicted molar refractivity (Wildman–Crippen MR) is 119 cm³/mol. The molecule has 7 atom stereocenters. The maximum absolute atomic E-state index is 10.2. The molecule has 166 valence electrons. The summed E-state index contributed by atoms with van der Waals surface area (Å²) in [7, 11) is 0. The molecule has 0 spiro atoms. The fraction of sp³-hybridized carbons (Fsp3) is 0.846. The number of fused-ring (bicyclic) bond motifs is 1. The van der Waals surface area contributed by atoms with Gasteiger partial charge in [0.2, 0.25) is 0 Å². The van der Waals surface area contributed by atoms with Gasteiger partial charge in [-0.05, 0) is 81.5 Å². The second kappa shape index (κ2) is 9.66. The molecule has 0 saturated heterocycles. The first-order valence-corrected chi connectivity index (χ1v) is 12.1. The lowest BCUT2D eigenvalue weighted by Crippen LogP contribution is -2.36. The van der Waals surface area contributed by atoms with Gasteiger partial charge in [0.25, 0.3) is 0 Å². The van der Waals surface area contributed by atoms with Gasteiger partial charge in [0.1, 0.15) is 0 Å². The van der Waals surface area contributed by atoms with Crippen molar-refractivity contribution in [3.8, 4) is 0 Å². The van der Waals surface area contributed by atoms with Gasteiger partial charge in [0, 0.05) is 5.92 Å². The van der Waals surface area contributed by atoms with Crippen LogP contribution in [-0.4, -0.2) is 33.6 Å². The first-order chi connectivity index (χ1) is 13.7. The van der Waals surface area contributed by atoms with Crippen molar-refractivity contribution in [2.45, 2.75) is 110 Å². The zero-order chi connectivity index (χ0) is 21.2. The average Bonchev–Trinajstić information content (AvgIpc) is 3.01. The van der Waals surface area contributed by atoms with Crippen LogP contribution in [0.15, 0.2) is 23.3 Å². The Morgan fingerprint density at radius 1 is 1.07 bits per heavy atom. The summed E-state index contributed by atoms with van der Waals surface area (Å²) in [5.41, 5.74) is 3.21. The van der Waals surface area contributed by atoms with Crippen LogP contribution in [0.5, 0.6) is 0 Å². The lowest BCUT2D eigenvalue weighted by molar-refractivity contribution is 0.00406. The van der Waals surface area contributed by atoms with Gasteiger partial charge in [-0.3, -0.25) is 0 Å². The quantitative estimate of drug-likeness (QED) is 0.556. The molecule has 0 aromatic heterocycles. The molecule has 3 rings (SSSR count). The topological polar surface area (TPSA) is 60.7 Å². The van der Waals surface area contributed by atoms with Gasteiger partial charge >= 0.3 is 0 Å². The largest absolute Gasteiger partial charge is 0.393 e. The third kappa shape index (κ3) is 5.17. The van der Waals surface area contributed by atoms with Crippen molar-refractivity contribution in [1.29, 1.82) is 0 Å². The van der Waals surface area contributed by atoms with Crippen LogP contribution in [0, 0.1) is 29.1 Å². The van der Waals surface area contributed by atoms with E-state index in [4.69, 9.17) is 0 Å². The van der Waals surface area contributed by atoms with E-state index in [2.05, 4.69) is 26.0 Å². The first kappa shape index (κ1) is 23.0. The zero-order valence-electron chi connectivity index (χ0n) is 19.1. The maximum atomic E-state index is 10.2. The highest BCUT2D eigenvalue weighted by Crippen LogP contribution is 2.59. The smallest absolute Gasteiger partial charge is 0.0627 e. The van der Waals surface area contributed by atoms with Gasteiger partial charge < -0.3 is 15.3 Å². The highest BCUT2D eigenvalue weighted by molar-refractivity contribution is 5.26. The molecule has 0 aromatic carbocycles. The Labute approximate surface area is 178 Å². The van der Waals surface area contributed by atoms with E-state index in [1.165, 1.54) is 44.1 Å². The Hall–Kier alpha value is -0.640. The normalized spacial score (nSPS) is 41.3. The number of allylic oxidation sites excluding steroid dienone is 3. The average molecular weight is 405 g/mol. The molecular formula is C26H44O3. The van der Waals surface area contributed by atoms with E-state index >= 15 is 0 Å². The van der Waals surface area contributed by atoms with Crippen LogP contribution in [0.3, 0.4) is 0 Å². The summed E-state index contributed by atoms with van der Waals surface area (Å²) in [5.74, 6) is 2.18. The number of aliphatic hydroxyl groups excluding tert-OH is 3. The lowest BCUT2D eigenvalue weighted by Gasteiger charge is -2.44. The van der Waals surface area contributed by atoms with Gasteiger partial charge in [0.15, 0.2) is 0 Å². The van der Waals surface area contributed by atoms with Crippen LogP contribution >= 0.6 is 0 Å². The minimum absolute atomic E-state index is 0.0244. The third-order valence-corrected chi connectivity index (χ3v) is 8.70.